The van der Waals surface area contributed by atoms with Crippen LogP contribution < -0.4 is 4.90 Å². The van der Waals surface area contributed by atoms with E-state index < -0.39 is 0 Å². The van der Waals surface area contributed by atoms with Crippen LogP contribution in [-0.2, 0) is 0 Å². The van der Waals surface area contributed by atoms with Crippen molar-refractivity contribution < 1.29 is 0 Å². The topological polar surface area (TPSA) is 34.8 Å². The number of aromatic nitrogens is 2. The fourth-order valence-corrected chi connectivity index (χ4v) is 3.67. The molecular formula is C20H17N3. The lowest BCUT2D eigenvalue weighted by Crippen LogP contribution is -2.22. The van der Waals surface area contributed by atoms with E-state index in [0.29, 0.717) is 0 Å². The predicted octanol–water partition coefficient (Wildman–Crippen LogP) is 4.77. The maximum atomic E-state index is 3.40. The number of hydrogen-bond acceptors (Lipinski definition) is 1. The molecule has 23 heavy (non-hydrogen) atoms. The van der Waals surface area contributed by atoms with Crippen molar-refractivity contribution in [2.45, 2.75) is 6.04 Å². The van der Waals surface area contributed by atoms with Crippen LogP contribution in [0.5, 0.6) is 0 Å². The lowest BCUT2D eigenvalue weighted by atomic mass is 10.0. The van der Waals surface area contributed by atoms with Gasteiger partial charge in [0.25, 0.3) is 0 Å². The molecule has 5 rings (SSSR count). The summed E-state index contributed by atoms with van der Waals surface area (Å²) in [5, 5.41) is 2.58. The molecular weight excluding hydrogens is 282 g/mol. The average molecular weight is 299 g/mol. The molecule has 2 aromatic carbocycles. The molecule has 0 radical (unpaired) electrons. The fourth-order valence-electron chi connectivity index (χ4n) is 3.67. The first-order chi connectivity index (χ1) is 11.4. The molecule has 0 amide bonds. The second-order valence-electron chi connectivity index (χ2n) is 6.03. The second-order valence-corrected chi connectivity index (χ2v) is 6.03. The molecule has 1 aliphatic rings. The van der Waals surface area contributed by atoms with Crippen LogP contribution in [0.3, 0.4) is 0 Å². The third-order valence-corrected chi connectivity index (χ3v) is 4.77. The molecule has 0 saturated heterocycles. The zero-order valence-corrected chi connectivity index (χ0v) is 12.7. The zero-order valence-electron chi connectivity index (χ0n) is 12.7. The summed E-state index contributed by atoms with van der Waals surface area (Å²) in [6, 6.07) is 17.3. The summed E-state index contributed by atoms with van der Waals surface area (Å²) in [6.45, 7) is 0.937. The largest absolute Gasteiger partial charge is 0.361 e. The van der Waals surface area contributed by atoms with Gasteiger partial charge in [-0.2, -0.15) is 0 Å². The summed E-state index contributed by atoms with van der Waals surface area (Å²) in [5.74, 6) is 0. The Labute approximate surface area is 134 Å². The summed E-state index contributed by atoms with van der Waals surface area (Å²) < 4.78 is 0. The smallest absolute Gasteiger partial charge is 0.0752 e. The van der Waals surface area contributed by atoms with E-state index in [9.17, 15) is 0 Å². The highest BCUT2D eigenvalue weighted by atomic mass is 15.2. The van der Waals surface area contributed by atoms with Gasteiger partial charge in [0.2, 0.25) is 0 Å². The molecule has 0 fully saturated rings. The van der Waals surface area contributed by atoms with Crippen molar-refractivity contribution in [1.29, 1.82) is 0 Å². The van der Waals surface area contributed by atoms with Gasteiger partial charge in [0.15, 0.2) is 0 Å². The van der Waals surface area contributed by atoms with Gasteiger partial charge in [0, 0.05) is 46.3 Å². The first-order valence-corrected chi connectivity index (χ1v) is 7.97. The first-order valence-electron chi connectivity index (χ1n) is 7.97. The number of aromatic amines is 2. The molecule has 2 aromatic heterocycles. The summed E-state index contributed by atoms with van der Waals surface area (Å²) >= 11 is 0. The van der Waals surface area contributed by atoms with Gasteiger partial charge in [-0.05, 0) is 12.1 Å². The molecule has 0 bridgehead atoms. The number of nitrogens with one attached hydrogen (secondary N) is 2. The van der Waals surface area contributed by atoms with E-state index in [4.69, 9.17) is 0 Å². The Morgan fingerprint density at radius 3 is 2.39 bits per heavy atom. The van der Waals surface area contributed by atoms with Crippen molar-refractivity contribution in [2.75, 3.05) is 11.4 Å². The van der Waals surface area contributed by atoms with Crippen molar-refractivity contribution in [2.24, 2.45) is 0 Å². The van der Waals surface area contributed by atoms with E-state index >= 15 is 0 Å². The molecule has 4 aromatic rings. The standard InChI is InChI=1S/C20H17N3/c1-3-8-17-14(6-1)16(12-21-17)19-10-5-11-23(19)20-13-22-18-9-4-2-7-15(18)20/h1-10,12-13,19,21-22H,11H2. The molecule has 0 spiro atoms. The van der Waals surface area contributed by atoms with Crippen molar-refractivity contribution in [1.82, 2.24) is 9.97 Å². The molecule has 0 saturated carbocycles. The fraction of sp³-hybridized carbons (Fsp3) is 0.100. The maximum Gasteiger partial charge on any atom is 0.0752 e. The number of benzene rings is 2. The minimum absolute atomic E-state index is 0.269. The van der Waals surface area contributed by atoms with Gasteiger partial charge in [-0.3, -0.25) is 0 Å². The van der Waals surface area contributed by atoms with Gasteiger partial charge in [-0.25, -0.2) is 0 Å². The Kier molecular flexibility index (Phi) is 2.62. The monoisotopic (exact) mass is 299 g/mol. The van der Waals surface area contributed by atoms with Crippen LogP contribution in [0.4, 0.5) is 5.69 Å². The van der Waals surface area contributed by atoms with Crippen molar-refractivity contribution >= 4 is 27.5 Å². The Balaban J connectivity index is 1.64. The number of anilines is 1. The predicted molar refractivity (Wildman–Crippen MR) is 95.8 cm³/mol. The number of hydrogen-bond donors (Lipinski definition) is 2. The molecule has 1 unspecified atom stereocenters. The molecule has 1 aliphatic heterocycles. The van der Waals surface area contributed by atoms with E-state index in [1.165, 1.54) is 33.1 Å². The molecule has 3 heterocycles. The highest BCUT2D eigenvalue weighted by Crippen LogP contribution is 2.38. The van der Waals surface area contributed by atoms with Crippen LogP contribution in [0.15, 0.2) is 73.1 Å². The minimum Gasteiger partial charge on any atom is -0.361 e. The van der Waals surface area contributed by atoms with Gasteiger partial charge in [-0.15, -0.1) is 0 Å². The van der Waals surface area contributed by atoms with Crippen molar-refractivity contribution in [3.8, 4) is 0 Å². The maximum absolute atomic E-state index is 3.40. The summed E-state index contributed by atoms with van der Waals surface area (Å²) in [4.78, 5) is 9.24. The Hall–Kier alpha value is -2.94. The highest BCUT2D eigenvalue weighted by molar-refractivity contribution is 5.94. The summed E-state index contributed by atoms with van der Waals surface area (Å²) in [7, 11) is 0. The summed E-state index contributed by atoms with van der Waals surface area (Å²) in [5.41, 5.74) is 4.98. The minimum atomic E-state index is 0.269. The van der Waals surface area contributed by atoms with Crippen LogP contribution in [0.25, 0.3) is 21.8 Å². The molecule has 3 nitrogen and oxygen atoms in total. The number of rotatable bonds is 2. The van der Waals surface area contributed by atoms with Crippen LogP contribution in [0, 0.1) is 0 Å². The van der Waals surface area contributed by atoms with Crippen LogP contribution in [0.1, 0.15) is 11.6 Å². The molecule has 112 valence electrons. The molecule has 2 N–H and O–H groups in total. The number of fused-ring (bicyclic) bond motifs is 2. The van der Waals surface area contributed by atoms with Crippen LogP contribution in [-0.4, -0.2) is 16.5 Å². The van der Waals surface area contributed by atoms with Gasteiger partial charge in [-0.1, -0.05) is 48.6 Å². The SMILES string of the molecule is C1=CC(c2c[nH]c3ccccc23)N(c2c[nH]c3ccccc23)C1. The van der Waals surface area contributed by atoms with Gasteiger partial charge >= 0.3 is 0 Å². The average Bonchev–Trinajstić information content (AvgIpc) is 3.31. The number of nitrogens with zero attached hydrogens (tertiary/aromatic N) is 1. The Morgan fingerprint density at radius 1 is 0.826 bits per heavy atom. The number of H-pyrrole nitrogens is 2. The van der Waals surface area contributed by atoms with Gasteiger partial charge in [0.1, 0.15) is 0 Å². The first kappa shape index (κ1) is 12.6. The zero-order chi connectivity index (χ0) is 15.2. The molecule has 3 heteroatoms. The van der Waals surface area contributed by atoms with Crippen LogP contribution in [0.2, 0.25) is 0 Å². The third-order valence-electron chi connectivity index (χ3n) is 4.77. The van der Waals surface area contributed by atoms with Crippen LogP contribution >= 0.6 is 0 Å². The quantitative estimate of drug-likeness (QED) is 0.514. The van der Waals surface area contributed by atoms with Crippen molar-refractivity contribution in [3.05, 3.63) is 78.6 Å². The van der Waals surface area contributed by atoms with E-state index in [-0.39, 0.29) is 6.04 Å². The van der Waals surface area contributed by atoms with Crippen molar-refractivity contribution in [3.63, 3.8) is 0 Å². The van der Waals surface area contributed by atoms with E-state index in [1.54, 1.807) is 0 Å². The van der Waals surface area contributed by atoms with Gasteiger partial charge < -0.3 is 14.9 Å². The highest BCUT2D eigenvalue weighted by Gasteiger charge is 2.25. The van der Waals surface area contributed by atoms with E-state index in [2.05, 4.69) is 87.9 Å². The van der Waals surface area contributed by atoms with Gasteiger partial charge in [0.05, 0.1) is 11.7 Å². The summed E-state index contributed by atoms with van der Waals surface area (Å²) in [6.07, 6.45) is 8.83. The number of para-hydroxylation sites is 2. The molecule has 1 atom stereocenters. The molecule has 0 aliphatic carbocycles. The Morgan fingerprint density at radius 2 is 1.52 bits per heavy atom. The second kappa shape index (κ2) is 4.78. The Bertz CT molecular complexity index is 1020. The lowest BCUT2D eigenvalue weighted by molar-refractivity contribution is 0.823. The van der Waals surface area contributed by atoms with E-state index in [0.717, 1.165) is 6.54 Å². The van der Waals surface area contributed by atoms with E-state index in [1.807, 2.05) is 0 Å². The normalized spacial score (nSPS) is 17.6. The lowest BCUT2D eigenvalue weighted by Gasteiger charge is -2.26. The third kappa shape index (κ3) is 1.83.